The molecule has 0 amide bonds. The van der Waals surface area contributed by atoms with Crippen LogP contribution in [-0.4, -0.2) is 49.3 Å². The summed E-state index contributed by atoms with van der Waals surface area (Å²) in [5, 5.41) is 0. The first-order chi connectivity index (χ1) is 46.8. The van der Waals surface area contributed by atoms with Crippen LogP contribution in [0.25, 0.3) is 0 Å². The standard InChI is InChI=1S/C85H136NO8P/c1-3-5-7-9-11-13-15-17-19-21-23-25-27-29-31-33-35-37-38-39-40-41-42-43-44-46-48-50-52-54-56-58-60-62-64-66-68-70-72-74-76-78-85(88)94-83(82-93-95(89,90)92-80-79-86)81-91-84(87)77-75-73-71-69-67-65-63-61-59-57-55-53-51-49-47-45-36-34-32-30-28-26-24-22-20-18-16-14-12-10-8-6-4-2/h5-8,11-14,17-20,23-26,29-32,35-37,39-40,42-43,45-46,48-49,51,55,57,83H,3-4,9-10,15-16,21-22,27-28,33-34,38,41,44,47,50,52-54,56,58-82,86H2,1-2H3,(H,89,90)/b7-5-,8-6-,13-11-,14-12-,19-17-,20-18-,25-23-,26-24-,31-29-,32-30-,37-35-,40-39-,43-42-,45-36-,48-46-,51-49-,57-55-. The van der Waals surface area contributed by atoms with Gasteiger partial charge >= 0.3 is 19.8 Å². The van der Waals surface area contributed by atoms with Gasteiger partial charge in [0.2, 0.25) is 0 Å². The van der Waals surface area contributed by atoms with Crippen LogP contribution in [0, 0.1) is 0 Å². The van der Waals surface area contributed by atoms with Crippen molar-refractivity contribution in [2.24, 2.45) is 5.73 Å². The summed E-state index contributed by atoms with van der Waals surface area (Å²) in [4.78, 5) is 35.4. The Morgan fingerprint density at radius 3 is 0.811 bits per heavy atom. The van der Waals surface area contributed by atoms with Crippen molar-refractivity contribution in [3.8, 4) is 0 Å². The van der Waals surface area contributed by atoms with E-state index in [1.54, 1.807) is 0 Å². The lowest BCUT2D eigenvalue weighted by atomic mass is 10.0. The van der Waals surface area contributed by atoms with E-state index in [1.165, 1.54) is 89.9 Å². The summed E-state index contributed by atoms with van der Waals surface area (Å²) in [7, 11) is -4.41. The lowest BCUT2D eigenvalue weighted by molar-refractivity contribution is -0.161. The summed E-state index contributed by atoms with van der Waals surface area (Å²) in [5.74, 6) is -0.848. The fourth-order valence-electron chi connectivity index (χ4n) is 9.70. The van der Waals surface area contributed by atoms with Gasteiger partial charge < -0.3 is 20.1 Å². The molecule has 0 heterocycles. The molecule has 0 spiro atoms. The molecule has 0 saturated carbocycles. The fraction of sp³-hybridized carbons (Fsp3) is 0.576. The summed E-state index contributed by atoms with van der Waals surface area (Å²) >= 11 is 0. The van der Waals surface area contributed by atoms with Gasteiger partial charge in [0.1, 0.15) is 6.61 Å². The van der Waals surface area contributed by atoms with Crippen molar-refractivity contribution in [3.63, 3.8) is 0 Å². The normalized spacial score (nSPS) is 14.1. The summed E-state index contributed by atoms with van der Waals surface area (Å²) in [6, 6.07) is 0. The first kappa shape index (κ1) is 89.6. The highest BCUT2D eigenvalue weighted by atomic mass is 31.2. The van der Waals surface area contributed by atoms with Gasteiger partial charge in [0, 0.05) is 19.4 Å². The number of unbranched alkanes of at least 4 members (excludes halogenated alkanes) is 21. The molecule has 0 aromatic rings. The monoisotopic (exact) mass is 1330 g/mol. The topological polar surface area (TPSA) is 134 Å². The van der Waals surface area contributed by atoms with Crippen LogP contribution in [0.4, 0.5) is 0 Å². The van der Waals surface area contributed by atoms with Crippen LogP contribution in [0.2, 0.25) is 0 Å². The first-order valence-electron chi connectivity index (χ1n) is 37.6. The van der Waals surface area contributed by atoms with Crippen LogP contribution < -0.4 is 5.73 Å². The molecule has 10 heteroatoms. The van der Waals surface area contributed by atoms with Crippen molar-refractivity contribution in [2.45, 2.75) is 290 Å². The maximum Gasteiger partial charge on any atom is 0.472 e. The molecule has 2 atom stereocenters. The molecular weight excluding hydrogens is 1190 g/mol. The Morgan fingerprint density at radius 1 is 0.316 bits per heavy atom. The fourth-order valence-corrected chi connectivity index (χ4v) is 10.5. The third-order valence-corrected chi connectivity index (χ3v) is 16.1. The number of phosphoric ester groups is 1. The summed E-state index contributed by atoms with van der Waals surface area (Å²) in [6.45, 7) is 3.50. The van der Waals surface area contributed by atoms with E-state index in [9.17, 15) is 19.0 Å². The zero-order chi connectivity index (χ0) is 68.6. The van der Waals surface area contributed by atoms with Gasteiger partial charge in [-0.1, -0.05) is 330 Å². The Bertz CT molecular complexity index is 2320. The van der Waals surface area contributed by atoms with E-state index in [0.717, 1.165) is 154 Å². The minimum Gasteiger partial charge on any atom is -0.462 e. The molecule has 9 nitrogen and oxygen atoms in total. The second kappa shape index (κ2) is 77.6. The zero-order valence-corrected chi connectivity index (χ0v) is 61.0. The summed E-state index contributed by atoms with van der Waals surface area (Å²) in [5.41, 5.74) is 5.41. The van der Waals surface area contributed by atoms with Crippen molar-refractivity contribution >= 4 is 19.8 Å². The average Bonchev–Trinajstić information content (AvgIpc) is 2.75. The Hall–Kier alpha value is -5.41. The van der Waals surface area contributed by atoms with Crippen LogP contribution in [-0.2, 0) is 32.7 Å². The number of carbonyl (C=O) groups is 2. The first-order valence-corrected chi connectivity index (χ1v) is 39.1. The van der Waals surface area contributed by atoms with E-state index in [4.69, 9.17) is 24.3 Å². The van der Waals surface area contributed by atoms with Crippen LogP contribution in [0.15, 0.2) is 207 Å². The third kappa shape index (κ3) is 77.5. The quantitative estimate of drug-likeness (QED) is 0.0264. The van der Waals surface area contributed by atoms with E-state index in [1.807, 2.05) is 0 Å². The maximum absolute atomic E-state index is 12.8. The Labute approximate surface area is 582 Å². The molecule has 0 aliphatic heterocycles. The highest BCUT2D eigenvalue weighted by molar-refractivity contribution is 7.47. The van der Waals surface area contributed by atoms with Crippen LogP contribution in [0.5, 0.6) is 0 Å². The second-order valence-corrected chi connectivity index (χ2v) is 25.5. The number of hydrogen-bond acceptors (Lipinski definition) is 8. The van der Waals surface area contributed by atoms with Gasteiger partial charge in [0.15, 0.2) is 6.10 Å². The van der Waals surface area contributed by atoms with Crippen molar-refractivity contribution in [1.82, 2.24) is 0 Å². The molecule has 0 aliphatic carbocycles. The van der Waals surface area contributed by atoms with E-state index < -0.39 is 32.5 Å². The molecule has 0 fully saturated rings. The highest BCUT2D eigenvalue weighted by Crippen LogP contribution is 2.43. The summed E-state index contributed by atoms with van der Waals surface area (Å²) in [6.07, 6.45) is 119. The maximum atomic E-state index is 12.8. The lowest BCUT2D eigenvalue weighted by Gasteiger charge is -2.19. The molecule has 534 valence electrons. The third-order valence-electron chi connectivity index (χ3n) is 15.2. The number of ether oxygens (including phenoxy) is 2. The highest BCUT2D eigenvalue weighted by Gasteiger charge is 2.26. The number of allylic oxidation sites excluding steroid dienone is 34. The summed E-state index contributed by atoms with van der Waals surface area (Å²) < 4.78 is 33.2. The number of carbonyl (C=O) groups excluding carboxylic acids is 2. The van der Waals surface area contributed by atoms with Crippen LogP contribution in [0.3, 0.4) is 0 Å². The van der Waals surface area contributed by atoms with E-state index in [-0.39, 0.29) is 32.6 Å². The molecule has 0 aliphatic rings. The number of esters is 2. The van der Waals surface area contributed by atoms with Gasteiger partial charge in [0.25, 0.3) is 0 Å². The second-order valence-electron chi connectivity index (χ2n) is 24.0. The number of rotatable bonds is 68. The molecule has 0 rings (SSSR count). The molecule has 2 unspecified atom stereocenters. The van der Waals surface area contributed by atoms with E-state index >= 15 is 0 Å². The Morgan fingerprint density at radius 2 is 0.547 bits per heavy atom. The predicted molar refractivity (Wildman–Crippen MR) is 412 cm³/mol. The van der Waals surface area contributed by atoms with Gasteiger partial charge in [-0.15, -0.1) is 0 Å². The van der Waals surface area contributed by atoms with Crippen LogP contribution in [0.1, 0.15) is 284 Å². The Kier molecular flexibility index (Phi) is 73.2. The van der Waals surface area contributed by atoms with Crippen molar-refractivity contribution in [3.05, 3.63) is 207 Å². The molecular formula is C85H136NO8P. The van der Waals surface area contributed by atoms with E-state index in [0.29, 0.717) is 12.8 Å². The SMILES string of the molecule is CC/C=C\C/C=C\C/C=C\C/C=C\C/C=C\C/C=C\C/C=C\C/C=C\C/C=C\CCCCCCCCCCCCCCCC(=O)OC(COC(=O)CCCCCCCCCC/C=C\C/C=C\C/C=C\C/C=C\C/C=C\C/C=C\C/C=C\C/C=C\CC)COP(=O)(O)OCCN. The number of nitrogens with two attached hydrogens (primary N) is 1. The molecule has 95 heavy (non-hydrogen) atoms. The van der Waals surface area contributed by atoms with Gasteiger partial charge in [-0.25, -0.2) is 4.57 Å². The zero-order valence-electron chi connectivity index (χ0n) is 60.1. The lowest BCUT2D eigenvalue weighted by Crippen LogP contribution is -2.29. The molecule has 0 bridgehead atoms. The Balaban J connectivity index is 3.96. The molecule has 0 radical (unpaired) electrons. The van der Waals surface area contributed by atoms with Crippen LogP contribution >= 0.6 is 7.82 Å². The number of hydrogen-bond donors (Lipinski definition) is 2. The van der Waals surface area contributed by atoms with Crippen molar-refractivity contribution in [2.75, 3.05) is 26.4 Å². The predicted octanol–water partition coefficient (Wildman–Crippen LogP) is 25.4. The minimum absolute atomic E-state index is 0.0426. The smallest absolute Gasteiger partial charge is 0.462 e. The average molecular weight is 1330 g/mol. The molecule has 0 aromatic heterocycles. The van der Waals surface area contributed by atoms with Gasteiger partial charge in [-0.3, -0.25) is 18.6 Å². The van der Waals surface area contributed by atoms with E-state index in [2.05, 4.69) is 220 Å². The van der Waals surface area contributed by atoms with Gasteiger partial charge in [0.05, 0.1) is 13.2 Å². The van der Waals surface area contributed by atoms with Gasteiger partial charge in [-0.2, -0.15) is 0 Å². The molecule has 0 aromatic carbocycles. The molecule has 3 N–H and O–H groups in total. The van der Waals surface area contributed by atoms with Gasteiger partial charge in [-0.05, 0) is 148 Å². The van der Waals surface area contributed by atoms with Crippen molar-refractivity contribution in [1.29, 1.82) is 0 Å². The largest absolute Gasteiger partial charge is 0.472 e. The minimum atomic E-state index is -4.41. The number of phosphoric acid groups is 1. The molecule has 0 saturated heterocycles. The van der Waals surface area contributed by atoms with Crippen molar-refractivity contribution < 1.29 is 37.6 Å².